The molecule has 0 aliphatic carbocycles. The molecule has 1 aromatic heterocycles. The number of ether oxygens (including phenoxy) is 2. The third-order valence-corrected chi connectivity index (χ3v) is 5.24. The van der Waals surface area contributed by atoms with Crippen molar-refractivity contribution in [1.29, 1.82) is 0 Å². The summed E-state index contributed by atoms with van der Waals surface area (Å²) in [5.74, 6) is -1.14. The van der Waals surface area contributed by atoms with Gasteiger partial charge in [0.2, 0.25) is 10.0 Å². The van der Waals surface area contributed by atoms with E-state index in [-0.39, 0.29) is 22.0 Å². The summed E-state index contributed by atoms with van der Waals surface area (Å²) in [6, 6.07) is 8.78. The molecule has 1 amide bonds. The first-order chi connectivity index (χ1) is 12.8. The first-order valence-electron chi connectivity index (χ1n) is 7.74. The van der Waals surface area contributed by atoms with Crippen LogP contribution >= 0.6 is 0 Å². The summed E-state index contributed by atoms with van der Waals surface area (Å²) >= 11 is 0. The second-order valence-corrected chi connectivity index (χ2v) is 7.64. The average molecular weight is 393 g/mol. The van der Waals surface area contributed by atoms with E-state index in [2.05, 4.69) is 10.3 Å². The monoisotopic (exact) mass is 393 g/mol. The van der Waals surface area contributed by atoms with E-state index in [4.69, 9.17) is 9.47 Å². The number of sulfonamides is 1. The molecule has 0 fully saturated rings. The van der Waals surface area contributed by atoms with Crippen LogP contribution in [0.25, 0.3) is 0 Å². The molecule has 0 unspecified atom stereocenters. The Kier molecular flexibility index (Phi) is 6.48. The van der Waals surface area contributed by atoms with E-state index in [1.54, 1.807) is 12.1 Å². The van der Waals surface area contributed by atoms with Crippen LogP contribution in [0, 0.1) is 0 Å². The Balaban J connectivity index is 2.11. The highest BCUT2D eigenvalue weighted by molar-refractivity contribution is 7.89. The average Bonchev–Trinajstić information content (AvgIpc) is 2.66. The second kappa shape index (κ2) is 8.60. The number of carbonyl (C=O) groups is 2. The van der Waals surface area contributed by atoms with E-state index in [9.17, 15) is 18.0 Å². The van der Waals surface area contributed by atoms with Crippen molar-refractivity contribution in [2.45, 2.75) is 4.90 Å². The molecule has 0 atom stereocenters. The number of benzene rings is 1. The summed E-state index contributed by atoms with van der Waals surface area (Å²) in [6.45, 7) is -0.566. The minimum absolute atomic E-state index is 0.0194. The van der Waals surface area contributed by atoms with Gasteiger partial charge < -0.3 is 14.8 Å². The Morgan fingerprint density at radius 3 is 2.52 bits per heavy atom. The quantitative estimate of drug-likeness (QED) is 0.701. The molecule has 2 rings (SSSR count). The molecule has 0 bridgehead atoms. The molecule has 0 spiro atoms. The highest BCUT2D eigenvalue weighted by atomic mass is 32.2. The summed E-state index contributed by atoms with van der Waals surface area (Å²) in [7, 11) is 0.487. The Labute approximate surface area is 157 Å². The number of carbonyl (C=O) groups excluding carboxylic acids is 2. The zero-order valence-electron chi connectivity index (χ0n) is 15.0. The number of amides is 1. The highest BCUT2D eigenvalue weighted by Gasteiger charge is 2.20. The minimum atomic E-state index is -3.69. The summed E-state index contributed by atoms with van der Waals surface area (Å²) in [4.78, 5) is 27.7. The number of methoxy groups -OCH3 is 1. The van der Waals surface area contributed by atoms with Gasteiger partial charge in [-0.25, -0.2) is 22.5 Å². The Morgan fingerprint density at radius 2 is 1.93 bits per heavy atom. The van der Waals surface area contributed by atoms with Gasteiger partial charge in [0.15, 0.2) is 6.61 Å². The van der Waals surface area contributed by atoms with E-state index in [1.165, 1.54) is 51.7 Å². The molecule has 2 aromatic rings. The van der Waals surface area contributed by atoms with Crippen LogP contribution in [0.1, 0.15) is 10.5 Å². The van der Waals surface area contributed by atoms with Gasteiger partial charge in [0.25, 0.3) is 5.91 Å². The lowest BCUT2D eigenvalue weighted by atomic mass is 10.3. The maximum atomic E-state index is 12.2. The molecule has 9 nitrogen and oxygen atoms in total. The summed E-state index contributed by atoms with van der Waals surface area (Å²) in [6.07, 6.45) is 1.43. The van der Waals surface area contributed by atoms with Crippen molar-refractivity contribution in [1.82, 2.24) is 9.29 Å². The Morgan fingerprint density at radius 1 is 1.19 bits per heavy atom. The lowest BCUT2D eigenvalue weighted by Gasteiger charge is -2.15. The molecule has 27 heavy (non-hydrogen) atoms. The summed E-state index contributed by atoms with van der Waals surface area (Å²) < 4.78 is 35.5. The van der Waals surface area contributed by atoms with Gasteiger partial charge in [-0.3, -0.25) is 4.79 Å². The third kappa shape index (κ3) is 5.02. The number of esters is 1. The van der Waals surface area contributed by atoms with Gasteiger partial charge in [-0.1, -0.05) is 6.07 Å². The van der Waals surface area contributed by atoms with Crippen molar-refractivity contribution >= 4 is 27.6 Å². The largest absolute Gasteiger partial charge is 0.495 e. The van der Waals surface area contributed by atoms with Crippen LogP contribution in [-0.4, -0.2) is 57.4 Å². The molecule has 0 aliphatic rings. The molecule has 0 saturated carbocycles. The SMILES string of the molecule is COc1ccc(S(=O)(=O)N(C)C)cc1NC(=O)COC(=O)c1ccccn1. The van der Waals surface area contributed by atoms with Gasteiger partial charge in [0.05, 0.1) is 17.7 Å². The van der Waals surface area contributed by atoms with Gasteiger partial charge in [-0.05, 0) is 30.3 Å². The number of hydrogen-bond acceptors (Lipinski definition) is 7. The van der Waals surface area contributed by atoms with Gasteiger partial charge >= 0.3 is 5.97 Å². The number of anilines is 1. The van der Waals surface area contributed by atoms with Crippen molar-refractivity contribution in [3.63, 3.8) is 0 Å². The van der Waals surface area contributed by atoms with Crippen LogP contribution in [0.3, 0.4) is 0 Å². The van der Waals surface area contributed by atoms with Crippen LogP contribution in [0.5, 0.6) is 5.75 Å². The van der Waals surface area contributed by atoms with E-state index in [0.717, 1.165) is 4.31 Å². The third-order valence-electron chi connectivity index (χ3n) is 3.43. The predicted octanol–water partition coefficient (Wildman–Crippen LogP) is 1.14. The zero-order valence-corrected chi connectivity index (χ0v) is 15.8. The number of nitrogens with one attached hydrogen (secondary N) is 1. The standard InChI is InChI=1S/C17H19N3O6S/c1-20(2)27(23,24)12-7-8-15(25-3)14(10-12)19-16(21)11-26-17(22)13-6-4-5-9-18-13/h4-10H,11H2,1-3H3,(H,19,21). The first-order valence-corrected chi connectivity index (χ1v) is 9.18. The number of hydrogen-bond donors (Lipinski definition) is 1. The number of pyridine rings is 1. The van der Waals surface area contributed by atoms with Crippen molar-refractivity contribution in [2.75, 3.05) is 33.1 Å². The molecule has 0 radical (unpaired) electrons. The normalized spacial score (nSPS) is 11.1. The van der Waals surface area contributed by atoms with Crippen LogP contribution in [0.4, 0.5) is 5.69 Å². The van der Waals surface area contributed by atoms with Crippen molar-refractivity contribution < 1.29 is 27.5 Å². The number of rotatable bonds is 7. The molecular formula is C17H19N3O6S. The zero-order chi connectivity index (χ0) is 20.0. The van der Waals surface area contributed by atoms with Crippen LogP contribution in [-0.2, 0) is 19.6 Å². The van der Waals surface area contributed by atoms with Crippen LogP contribution in [0.2, 0.25) is 0 Å². The Hall–Kier alpha value is -2.98. The lowest BCUT2D eigenvalue weighted by molar-refractivity contribution is -0.119. The van der Waals surface area contributed by atoms with E-state index >= 15 is 0 Å². The van der Waals surface area contributed by atoms with Crippen LogP contribution in [0.15, 0.2) is 47.5 Å². The maximum Gasteiger partial charge on any atom is 0.357 e. The fourth-order valence-corrected chi connectivity index (χ4v) is 2.96. The fraction of sp³-hybridized carbons (Fsp3) is 0.235. The van der Waals surface area contributed by atoms with Gasteiger partial charge in [0, 0.05) is 20.3 Å². The predicted molar refractivity (Wildman–Crippen MR) is 97.0 cm³/mol. The molecular weight excluding hydrogens is 374 g/mol. The smallest absolute Gasteiger partial charge is 0.357 e. The highest BCUT2D eigenvalue weighted by Crippen LogP contribution is 2.28. The molecule has 1 heterocycles. The molecule has 10 heteroatoms. The van der Waals surface area contributed by atoms with Crippen molar-refractivity contribution in [3.05, 3.63) is 48.3 Å². The minimum Gasteiger partial charge on any atom is -0.495 e. The molecule has 0 saturated heterocycles. The number of aromatic nitrogens is 1. The first kappa shape index (κ1) is 20.3. The second-order valence-electron chi connectivity index (χ2n) is 5.49. The lowest BCUT2D eigenvalue weighted by Crippen LogP contribution is -2.23. The van der Waals surface area contributed by atoms with Gasteiger partial charge in [-0.2, -0.15) is 0 Å². The fourth-order valence-electron chi connectivity index (χ4n) is 2.03. The van der Waals surface area contributed by atoms with Crippen LogP contribution < -0.4 is 10.1 Å². The summed E-state index contributed by atoms with van der Waals surface area (Å²) in [5.41, 5.74) is 0.210. The van der Waals surface area contributed by atoms with E-state index < -0.39 is 28.5 Å². The van der Waals surface area contributed by atoms with Crippen molar-refractivity contribution in [3.8, 4) is 5.75 Å². The molecule has 0 aliphatic heterocycles. The molecule has 1 N–H and O–H groups in total. The van der Waals surface area contributed by atoms with Gasteiger partial charge in [0.1, 0.15) is 11.4 Å². The summed E-state index contributed by atoms with van der Waals surface area (Å²) in [5, 5.41) is 2.48. The maximum absolute atomic E-state index is 12.2. The Bertz CT molecular complexity index is 929. The van der Waals surface area contributed by atoms with Gasteiger partial charge in [-0.15, -0.1) is 0 Å². The molecule has 144 valence electrons. The molecule has 1 aromatic carbocycles. The topological polar surface area (TPSA) is 115 Å². The van der Waals surface area contributed by atoms with Crippen molar-refractivity contribution in [2.24, 2.45) is 0 Å². The number of nitrogens with zero attached hydrogens (tertiary/aromatic N) is 2. The van der Waals surface area contributed by atoms with E-state index in [1.807, 2.05) is 0 Å². The van der Waals surface area contributed by atoms with E-state index in [0.29, 0.717) is 0 Å².